The van der Waals surface area contributed by atoms with Gasteiger partial charge >= 0.3 is 0 Å². The second-order valence-electron chi connectivity index (χ2n) is 4.15. The monoisotopic (exact) mass is 296 g/mol. The van der Waals surface area contributed by atoms with E-state index >= 15 is 0 Å². The Morgan fingerprint density at radius 1 is 1.53 bits per heavy atom. The number of hydrogen-bond acceptors (Lipinski definition) is 5. The Hall–Kier alpha value is -1.24. The van der Waals surface area contributed by atoms with E-state index < -0.39 is 0 Å². The largest absolute Gasteiger partial charge is 0.394 e. The molecule has 0 spiro atoms. The lowest BCUT2D eigenvalue weighted by atomic mass is 10.2. The quantitative estimate of drug-likeness (QED) is 0.860. The minimum absolute atomic E-state index is 0.0280. The number of nitrogens with zero attached hydrogens (tertiary/aromatic N) is 1. The van der Waals surface area contributed by atoms with Crippen LogP contribution >= 0.6 is 22.7 Å². The van der Waals surface area contributed by atoms with Crippen LogP contribution in [-0.2, 0) is 11.2 Å². The second kappa shape index (κ2) is 6.79. The highest BCUT2D eigenvalue weighted by atomic mass is 32.1. The van der Waals surface area contributed by atoms with Crippen LogP contribution in [0.15, 0.2) is 22.9 Å². The summed E-state index contributed by atoms with van der Waals surface area (Å²) in [7, 11) is 0. The van der Waals surface area contributed by atoms with Gasteiger partial charge in [0.15, 0.2) is 0 Å². The number of nitrogens with one attached hydrogen (secondary N) is 1. The minimum atomic E-state index is -0.164. The normalized spacial score (nSPS) is 12.3. The van der Waals surface area contributed by atoms with Crippen molar-refractivity contribution in [3.8, 4) is 9.88 Å². The van der Waals surface area contributed by atoms with Gasteiger partial charge in [-0.25, -0.2) is 4.98 Å². The van der Waals surface area contributed by atoms with E-state index in [2.05, 4.69) is 10.3 Å². The van der Waals surface area contributed by atoms with Crippen molar-refractivity contribution < 1.29 is 9.90 Å². The number of thiophene rings is 1. The molecule has 0 saturated heterocycles. The van der Waals surface area contributed by atoms with E-state index in [1.165, 1.54) is 0 Å². The Bertz CT molecular complexity index is 518. The van der Waals surface area contributed by atoms with Crippen LogP contribution in [0.3, 0.4) is 0 Å². The number of aromatic nitrogens is 1. The van der Waals surface area contributed by atoms with Crippen LogP contribution in [0.25, 0.3) is 9.88 Å². The van der Waals surface area contributed by atoms with Crippen LogP contribution in [0.1, 0.15) is 19.0 Å². The van der Waals surface area contributed by atoms with Crippen LogP contribution in [0.2, 0.25) is 0 Å². The van der Waals surface area contributed by atoms with E-state index in [1.54, 1.807) is 22.7 Å². The third-order valence-electron chi connectivity index (χ3n) is 2.70. The Kier molecular flexibility index (Phi) is 5.07. The lowest BCUT2D eigenvalue weighted by Crippen LogP contribution is -2.37. The molecule has 0 saturated carbocycles. The highest BCUT2D eigenvalue weighted by molar-refractivity contribution is 7.20. The van der Waals surface area contributed by atoms with Gasteiger partial charge in [0.1, 0.15) is 5.01 Å². The predicted octanol–water partition coefficient (Wildman–Crippen LogP) is 2.30. The first-order chi connectivity index (χ1) is 9.22. The summed E-state index contributed by atoms with van der Waals surface area (Å²) in [6.45, 7) is 1.90. The molecular formula is C13H16N2O2S2. The molecule has 2 heterocycles. The van der Waals surface area contributed by atoms with Crippen molar-refractivity contribution in [2.24, 2.45) is 0 Å². The zero-order valence-corrected chi connectivity index (χ0v) is 12.3. The maximum absolute atomic E-state index is 11.8. The molecule has 6 heteroatoms. The first kappa shape index (κ1) is 14.2. The van der Waals surface area contributed by atoms with Crippen molar-refractivity contribution in [1.82, 2.24) is 10.3 Å². The number of aliphatic hydroxyl groups excluding tert-OH is 1. The Morgan fingerprint density at radius 3 is 3.00 bits per heavy atom. The third kappa shape index (κ3) is 3.86. The summed E-state index contributed by atoms with van der Waals surface area (Å²) in [6.07, 6.45) is 0.984. The molecule has 2 rings (SSSR count). The van der Waals surface area contributed by atoms with Gasteiger partial charge in [-0.05, 0) is 17.9 Å². The molecular weight excluding hydrogens is 280 g/mol. The highest BCUT2D eigenvalue weighted by Gasteiger charge is 2.12. The summed E-state index contributed by atoms with van der Waals surface area (Å²) in [4.78, 5) is 17.4. The number of carbonyl (C=O) groups excluding carboxylic acids is 1. The molecule has 102 valence electrons. The molecule has 0 aliphatic heterocycles. The minimum Gasteiger partial charge on any atom is -0.394 e. The van der Waals surface area contributed by atoms with Gasteiger partial charge in [-0.3, -0.25) is 4.79 Å². The average molecular weight is 296 g/mol. The first-order valence-electron chi connectivity index (χ1n) is 6.11. The van der Waals surface area contributed by atoms with Crippen molar-refractivity contribution in [1.29, 1.82) is 0 Å². The molecule has 19 heavy (non-hydrogen) atoms. The zero-order chi connectivity index (χ0) is 13.7. The lowest BCUT2D eigenvalue weighted by Gasteiger charge is -2.13. The molecule has 2 N–H and O–H groups in total. The average Bonchev–Trinajstić information content (AvgIpc) is 3.06. The van der Waals surface area contributed by atoms with Crippen LogP contribution in [0.4, 0.5) is 0 Å². The highest BCUT2D eigenvalue weighted by Crippen LogP contribution is 2.27. The van der Waals surface area contributed by atoms with E-state index in [1.807, 2.05) is 29.8 Å². The van der Waals surface area contributed by atoms with Gasteiger partial charge in [0, 0.05) is 5.38 Å². The number of carbonyl (C=O) groups is 1. The van der Waals surface area contributed by atoms with E-state index in [0.29, 0.717) is 0 Å². The SMILES string of the molecule is CC[C@H](CO)NC(=O)Cc1csc(-c2cccs2)n1. The Balaban J connectivity index is 1.95. The molecule has 0 aliphatic rings. The molecule has 0 bridgehead atoms. The van der Waals surface area contributed by atoms with Crippen LogP contribution in [0.5, 0.6) is 0 Å². The van der Waals surface area contributed by atoms with Crippen molar-refractivity contribution in [3.63, 3.8) is 0 Å². The molecule has 1 amide bonds. The standard InChI is InChI=1S/C13H16N2O2S2/c1-2-9(7-16)14-12(17)6-10-8-19-13(15-10)11-4-3-5-18-11/h3-5,8-9,16H,2,6-7H2,1H3,(H,14,17)/t9-/m1/s1. The van der Waals surface area contributed by atoms with Crippen LogP contribution in [-0.4, -0.2) is 28.6 Å². The van der Waals surface area contributed by atoms with Gasteiger partial charge in [-0.15, -0.1) is 22.7 Å². The smallest absolute Gasteiger partial charge is 0.226 e. The summed E-state index contributed by atoms with van der Waals surface area (Å²) in [6, 6.07) is 3.84. The Morgan fingerprint density at radius 2 is 2.37 bits per heavy atom. The van der Waals surface area contributed by atoms with Gasteiger partial charge in [-0.1, -0.05) is 13.0 Å². The Labute approximate surface area is 120 Å². The van der Waals surface area contributed by atoms with Crippen molar-refractivity contribution in [2.75, 3.05) is 6.61 Å². The fraction of sp³-hybridized carbons (Fsp3) is 0.385. The van der Waals surface area contributed by atoms with E-state index in [0.717, 1.165) is 22.0 Å². The summed E-state index contributed by atoms with van der Waals surface area (Å²) >= 11 is 3.19. The van der Waals surface area contributed by atoms with Crippen LogP contribution in [0, 0.1) is 0 Å². The van der Waals surface area contributed by atoms with E-state index in [4.69, 9.17) is 5.11 Å². The molecule has 0 fully saturated rings. The fourth-order valence-electron chi connectivity index (χ4n) is 1.62. The second-order valence-corrected chi connectivity index (χ2v) is 5.96. The molecule has 0 aliphatic carbocycles. The fourth-order valence-corrected chi connectivity index (χ4v) is 3.26. The molecule has 0 aromatic carbocycles. The zero-order valence-electron chi connectivity index (χ0n) is 10.6. The molecule has 0 radical (unpaired) electrons. The van der Waals surface area contributed by atoms with Crippen molar-refractivity contribution in [2.45, 2.75) is 25.8 Å². The van der Waals surface area contributed by atoms with Gasteiger partial charge in [-0.2, -0.15) is 0 Å². The van der Waals surface area contributed by atoms with E-state index in [9.17, 15) is 4.79 Å². The van der Waals surface area contributed by atoms with Gasteiger partial charge in [0.05, 0.1) is 29.6 Å². The first-order valence-corrected chi connectivity index (χ1v) is 7.87. The molecule has 4 nitrogen and oxygen atoms in total. The summed E-state index contributed by atoms with van der Waals surface area (Å²) in [5.41, 5.74) is 0.777. The molecule has 0 unspecified atom stereocenters. The lowest BCUT2D eigenvalue weighted by molar-refractivity contribution is -0.121. The van der Waals surface area contributed by atoms with Crippen molar-refractivity contribution in [3.05, 3.63) is 28.6 Å². The van der Waals surface area contributed by atoms with Crippen LogP contribution < -0.4 is 5.32 Å². The number of aliphatic hydroxyl groups is 1. The number of rotatable bonds is 6. The third-order valence-corrected chi connectivity index (χ3v) is 4.63. The molecule has 1 atom stereocenters. The number of thiazole rings is 1. The van der Waals surface area contributed by atoms with E-state index in [-0.39, 0.29) is 25.0 Å². The van der Waals surface area contributed by atoms with Gasteiger partial charge in [0.2, 0.25) is 5.91 Å². The predicted molar refractivity (Wildman–Crippen MR) is 78.4 cm³/mol. The number of amides is 1. The summed E-state index contributed by atoms with van der Waals surface area (Å²) in [5, 5.41) is 16.7. The molecule has 2 aromatic heterocycles. The maximum Gasteiger partial charge on any atom is 0.226 e. The molecule has 2 aromatic rings. The topological polar surface area (TPSA) is 62.2 Å². The van der Waals surface area contributed by atoms with Gasteiger partial charge in [0.25, 0.3) is 0 Å². The van der Waals surface area contributed by atoms with Crippen molar-refractivity contribution >= 4 is 28.6 Å². The summed E-state index contributed by atoms with van der Waals surface area (Å²) in [5.74, 6) is -0.0936. The number of hydrogen-bond donors (Lipinski definition) is 2. The maximum atomic E-state index is 11.8. The summed E-state index contributed by atoms with van der Waals surface area (Å²) < 4.78 is 0. The van der Waals surface area contributed by atoms with Gasteiger partial charge < -0.3 is 10.4 Å².